The fourth-order valence-electron chi connectivity index (χ4n) is 6.52. The molecule has 2 aliphatic rings. The van der Waals surface area contributed by atoms with Crippen LogP contribution in [0.25, 0.3) is 11.0 Å². The van der Waals surface area contributed by atoms with Gasteiger partial charge in [0.2, 0.25) is 11.8 Å². The smallest absolute Gasteiger partial charge is 0.289 e. The van der Waals surface area contributed by atoms with Crippen LogP contribution in [0.15, 0.2) is 52.9 Å². The lowest BCUT2D eigenvalue weighted by atomic mass is 9.91. The maximum absolute atomic E-state index is 13.8. The Morgan fingerprint density at radius 1 is 1.10 bits per heavy atom. The minimum atomic E-state index is -0.401. The first kappa shape index (κ1) is 33.1. The molecule has 2 N–H and O–H groups in total. The number of fused-ring (bicyclic) bond motifs is 2. The summed E-state index contributed by atoms with van der Waals surface area (Å²) in [5.41, 5.74) is 3.53. The van der Waals surface area contributed by atoms with Crippen molar-refractivity contribution >= 4 is 46.2 Å². The van der Waals surface area contributed by atoms with E-state index in [1.807, 2.05) is 37.4 Å². The van der Waals surface area contributed by atoms with Gasteiger partial charge in [-0.3, -0.25) is 23.9 Å². The van der Waals surface area contributed by atoms with Gasteiger partial charge in [0.25, 0.3) is 11.8 Å². The number of furan rings is 1. The van der Waals surface area contributed by atoms with Crippen molar-refractivity contribution in [3.63, 3.8) is 0 Å². The van der Waals surface area contributed by atoms with Gasteiger partial charge in [0.1, 0.15) is 0 Å². The van der Waals surface area contributed by atoms with Crippen molar-refractivity contribution in [2.24, 2.45) is 7.05 Å². The molecule has 12 nitrogen and oxygen atoms in total. The first-order valence-electron chi connectivity index (χ1n) is 16.2. The number of ether oxygens (including phenoxy) is 1. The fraction of sp³-hybridized carbons (Fsp3) is 0.400. The van der Waals surface area contributed by atoms with Gasteiger partial charge < -0.3 is 29.6 Å². The Kier molecular flexibility index (Phi) is 10.00. The monoisotopic (exact) mass is 674 g/mol. The fourth-order valence-corrected chi connectivity index (χ4v) is 6.74. The second-order valence-corrected chi connectivity index (χ2v) is 12.7. The largest absolute Gasteiger partial charge is 0.493 e. The zero-order valence-corrected chi connectivity index (χ0v) is 27.8. The van der Waals surface area contributed by atoms with Crippen LogP contribution in [0.1, 0.15) is 57.1 Å². The average molecular weight is 675 g/mol. The summed E-state index contributed by atoms with van der Waals surface area (Å²) in [4.78, 5) is 57.3. The molecule has 1 atom stereocenters. The van der Waals surface area contributed by atoms with E-state index in [0.717, 1.165) is 16.8 Å². The Morgan fingerprint density at radius 2 is 1.92 bits per heavy atom. The standard InChI is InChI=1S/C35H39ClN6O6/c1-40-27-11-10-25-20-26(27)32(39-40)34(45)37-13-16-41(35(46)29-18-23-17-24(36)19-28(47-2)33(23)48-29)14-6-9-31(44)42(21-30(43)38-25)15-12-22-7-4-3-5-8-22/h3-5,7-8,17-19,25H,6,9-16,20-21H2,1-2H3,(H,37,45)(H,38,43). The third-order valence-electron chi connectivity index (χ3n) is 8.99. The van der Waals surface area contributed by atoms with Crippen molar-refractivity contribution in [2.45, 2.75) is 44.6 Å². The summed E-state index contributed by atoms with van der Waals surface area (Å²) in [6, 6.07) is 14.5. The van der Waals surface area contributed by atoms with Gasteiger partial charge in [-0.2, -0.15) is 5.10 Å². The van der Waals surface area contributed by atoms with E-state index in [1.54, 1.807) is 32.7 Å². The Bertz CT molecular complexity index is 1840. The Hall–Kier alpha value is -4.84. The van der Waals surface area contributed by atoms with E-state index in [9.17, 15) is 19.2 Å². The Balaban J connectivity index is 1.26. The minimum absolute atomic E-state index is 0.0819. The number of nitrogens with one attached hydrogen (secondary N) is 2. The predicted molar refractivity (Wildman–Crippen MR) is 179 cm³/mol. The molecule has 0 saturated heterocycles. The molecule has 4 amide bonds. The molecule has 1 unspecified atom stereocenters. The number of amides is 4. The highest BCUT2D eigenvalue weighted by atomic mass is 35.5. The first-order chi connectivity index (χ1) is 23.2. The quantitative estimate of drug-likeness (QED) is 0.330. The van der Waals surface area contributed by atoms with Gasteiger partial charge in [0.05, 0.1) is 13.7 Å². The van der Waals surface area contributed by atoms with Crippen LogP contribution in [0, 0.1) is 0 Å². The summed E-state index contributed by atoms with van der Waals surface area (Å²) < 4.78 is 13.1. The molecule has 2 aromatic heterocycles. The van der Waals surface area contributed by atoms with Gasteiger partial charge in [0, 0.05) is 73.4 Å². The van der Waals surface area contributed by atoms with Crippen molar-refractivity contribution in [3.05, 3.63) is 81.8 Å². The molecular weight excluding hydrogens is 636 g/mol. The first-order valence-corrected chi connectivity index (χ1v) is 16.6. The molecule has 2 aromatic carbocycles. The highest BCUT2D eigenvalue weighted by molar-refractivity contribution is 6.31. The van der Waals surface area contributed by atoms with Gasteiger partial charge in [-0.25, -0.2) is 0 Å². The SMILES string of the molecule is COc1cc(Cl)cc2cc(C(=O)N3CCCC(=O)N(CCc4ccccc4)CC(=O)NC4CCc5c(c(nn5C)C(=O)NCC3)C4)oc12. The summed E-state index contributed by atoms with van der Waals surface area (Å²) in [6.45, 7) is 0.838. The van der Waals surface area contributed by atoms with E-state index in [4.69, 9.17) is 20.8 Å². The van der Waals surface area contributed by atoms with Gasteiger partial charge in [-0.1, -0.05) is 41.9 Å². The van der Waals surface area contributed by atoms with Crippen molar-refractivity contribution < 1.29 is 28.3 Å². The van der Waals surface area contributed by atoms with Crippen LogP contribution in [-0.4, -0.2) is 89.1 Å². The number of carbonyl (C=O) groups excluding carboxylic acids is 4. The lowest BCUT2D eigenvalue weighted by Crippen LogP contribution is -2.46. The van der Waals surface area contributed by atoms with E-state index in [2.05, 4.69) is 15.7 Å². The van der Waals surface area contributed by atoms with Crippen LogP contribution < -0.4 is 15.4 Å². The third-order valence-corrected chi connectivity index (χ3v) is 9.20. The number of aromatic nitrogens is 2. The molecule has 0 radical (unpaired) electrons. The minimum Gasteiger partial charge on any atom is -0.493 e. The molecule has 0 saturated carbocycles. The van der Waals surface area contributed by atoms with Gasteiger partial charge in [-0.05, 0) is 49.8 Å². The molecule has 13 heteroatoms. The maximum Gasteiger partial charge on any atom is 0.289 e. The number of hydrogen-bond donors (Lipinski definition) is 2. The van der Waals surface area contributed by atoms with Crippen molar-refractivity contribution in [2.75, 3.05) is 39.8 Å². The number of hydrogen-bond acceptors (Lipinski definition) is 7. The topological polar surface area (TPSA) is 139 Å². The molecule has 4 aromatic rings. The lowest BCUT2D eigenvalue weighted by Gasteiger charge is -2.27. The van der Waals surface area contributed by atoms with Crippen LogP contribution in [0.3, 0.4) is 0 Å². The summed E-state index contributed by atoms with van der Waals surface area (Å²) in [6.07, 6.45) is 2.89. The van der Waals surface area contributed by atoms with Gasteiger partial charge >= 0.3 is 0 Å². The van der Waals surface area contributed by atoms with Crippen molar-refractivity contribution in [3.8, 4) is 5.75 Å². The normalized spacial score (nSPS) is 18.0. The van der Waals surface area contributed by atoms with Crippen LogP contribution in [0.2, 0.25) is 5.02 Å². The molecule has 2 bridgehead atoms. The molecule has 0 spiro atoms. The van der Waals surface area contributed by atoms with Crippen LogP contribution >= 0.6 is 11.6 Å². The number of aryl methyl sites for hydroxylation is 1. The molecule has 0 fully saturated rings. The number of rotatable bonds is 5. The lowest BCUT2D eigenvalue weighted by molar-refractivity contribution is -0.136. The molecule has 1 aliphatic carbocycles. The van der Waals surface area contributed by atoms with E-state index in [-0.39, 0.29) is 62.1 Å². The van der Waals surface area contributed by atoms with Crippen molar-refractivity contribution in [1.29, 1.82) is 0 Å². The molecule has 6 rings (SSSR count). The summed E-state index contributed by atoms with van der Waals surface area (Å²) in [5, 5.41) is 11.6. The number of benzene rings is 2. The molecule has 1 aliphatic heterocycles. The van der Waals surface area contributed by atoms with Gasteiger partial charge in [-0.15, -0.1) is 0 Å². The summed E-state index contributed by atoms with van der Waals surface area (Å²) in [7, 11) is 3.31. The third kappa shape index (κ3) is 7.33. The zero-order chi connectivity index (χ0) is 33.8. The zero-order valence-electron chi connectivity index (χ0n) is 27.1. The second kappa shape index (κ2) is 14.5. The van der Waals surface area contributed by atoms with E-state index < -0.39 is 5.91 Å². The van der Waals surface area contributed by atoms with E-state index >= 15 is 0 Å². The predicted octanol–water partition coefficient (Wildman–Crippen LogP) is 3.54. The summed E-state index contributed by atoms with van der Waals surface area (Å²) >= 11 is 6.24. The van der Waals surface area contributed by atoms with Crippen LogP contribution in [0.5, 0.6) is 5.75 Å². The number of halogens is 1. The molecule has 3 heterocycles. The molecule has 48 heavy (non-hydrogen) atoms. The van der Waals surface area contributed by atoms with Crippen LogP contribution in [0.4, 0.5) is 0 Å². The number of carbonyl (C=O) groups is 4. The van der Waals surface area contributed by atoms with Crippen LogP contribution in [-0.2, 0) is 35.9 Å². The molecular formula is C35H39ClN6O6. The number of methoxy groups -OCH3 is 1. The Labute approximate surface area is 283 Å². The van der Waals surface area contributed by atoms with E-state index in [0.29, 0.717) is 66.1 Å². The van der Waals surface area contributed by atoms with E-state index in [1.165, 1.54) is 7.11 Å². The second-order valence-electron chi connectivity index (χ2n) is 12.2. The average Bonchev–Trinajstić information content (AvgIpc) is 3.65. The Morgan fingerprint density at radius 3 is 2.71 bits per heavy atom. The maximum atomic E-state index is 13.8. The van der Waals surface area contributed by atoms with Gasteiger partial charge in [0.15, 0.2) is 22.8 Å². The molecule has 252 valence electrons. The highest BCUT2D eigenvalue weighted by Gasteiger charge is 2.30. The highest BCUT2D eigenvalue weighted by Crippen LogP contribution is 2.33. The number of nitrogens with zero attached hydrogens (tertiary/aromatic N) is 4. The van der Waals surface area contributed by atoms with Crippen molar-refractivity contribution in [1.82, 2.24) is 30.2 Å². The summed E-state index contributed by atoms with van der Waals surface area (Å²) in [5.74, 6) is -0.682.